The Labute approximate surface area is 234 Å². The van der Waals surface area contributed by atoms with Crippen LogP contribution in [-0.4, -0.2) is 48.4 Å². The number of hydrogen-bond acceptors (Lipinski definition) is 6. The molecule has 1 saturated heterocycles. The monoisotopic (exact) mass is 545 g/mol. The number of carboxylic acid groups (broad SMARTS) is 1. The lowest BCUT2D eigenvalue weighted by atomic mass is 10.0. The lowest BCUT2D eigenvalue weighted by Gasteiger charge is -2.41. The molecule has 0 radical (unpaired) electrons. The molecule has 1 aliphatic rings. The van der Waals surface area contributed by atoms with E-state index in [1.807, 2.05) is 75.4 Å². The summed E-state index contributed by atoms with van der Waals surface area (Å²) in [6.45, 7) is 7.15. The highest BCUT2D eigenvalue weighted by Gasteiger charge is 2.29. The highest BCUT2D eigenvalue weighted by molar-refractivity contribution is 5.99. The van der Waals surface area contributed by atoms with Crippen LogP contribution in [0.2, 0.25) is 0 Å². The predicted octanol–water partition coefficient (Wildman–Crippen LogP) is 5.30. The van der Waals surface area contributed by atoms with E-state index in [0.717, 1.165) is 16.8 Å². The zero-order valence-corrected chi connectivity index (χ0v) is 22.9. The number of carboxylic acids is 1. The van der Waals surface area contributed by atoms with Crippen molar-refractivity contribution in [1.29, 1.82) is 0 Å². The van der Waals surface area contributed by atoms with E-state index in [-0.39, 0.29) is 30.7 Å². The van der Waals surface area contributed by atoms with Gasteiger partial charge in [0.25, 0.3) is 5.91 Å². The molecule has 1 aliphatic heterocycles. The second-order valence-corrected chi connectivity index (χ2v) is 10.1. The first-order valence-corrected chi connectivity index (χ1v) is 13.3. The molecule has 0 saturated carbocycles. The Morgan fingerprint density at radius 2 is 1.68 bits per heavy atom. The molecule has 3 aromatic carbocycles. The maximum absolute atomic E-state index is 13.4. The average molecular weight is 546 g/mol. The van der Waals surface area contributed by atoms with E-state index in [9.17, 15) is 19.5 Å². The van der Waals surface area contributed by atoms with Crippen LogP contribution in [0.3, 0.4) is 0 Å². The van der Waals surface area contributed by atoms with Crippen molar-refractivity contribution < 1.29 is 29.0 Å². The molecule has 0 spiro atoms. The van der Waals surface area contributed by atoms with Crippen molar-refractivity contribution in [3.63, 3.8) is 0 Å². The molecule has 1 heterocycles. The van der Waals surface area contributed by atoms with E-state index in [0.29, 0.717) is 24.5 Å². The van der Waals surface area contributed by atoms with Gasteiger partial charge >= 0.3 is 12.1 Å². The number of aliphatic carboxylic acids is 1. The molecule has 4 rings (SSSR count). The SMILES string of the molecule is Cc1ccc(C(CC(=O)O)NC(=O)c2ccc(N3C(C)COCC3C)c(NC(=O)OCc3ccccc3)c2)cc1. The summed E-state index contributed by atoms with van der Waals surface area (Å²) in [6, 6.07) is 21.1. The molecule has 210 valence electrons. The Morgan fingerprint density at radius 1 is 1.00 bits per heavy atom. The Hall–Kier alpha value is -4.37. The number of rotatable bonds is 9. The molecular formula is C31H35N3O6. The number of nitrogens with zero attached hydrogens (tertiary/aromatic N) is 1. The Kier molecular flexibility index (Phi) is 9.39. The maximum atomic E-state index is 13.4. The van der Waals surface area contributed by atoms with Gasteiger partial charge in [-0.2, -0.15) is 0 Å². The molecule has 2 amide bonds. The zero-order chi connectivity index (χ0) is 28.6. The topological polar surface area (TPSA) is 117 Å². The van der Waals surface area contributed by atoms with Gasteiger partial charge in [0.15, 0.2) is 0 Å². The van der Waals surface area contributed by atoms with Gasteiger partial charge in [-0.05, 0) is 50.1 Å². The van der Waals surface area contributed by atoms with Crippen molar-refractivity contribution in [2.45, 2.75) is 51.9 Å². The molecular weight excluding hydrogens is 510 g/mol. The van der Waals surface area contributed by atoms with Gasteiger partial charge in [-0.25, -0.2) is 4.79 Å². The number of amides is 2. The van der Waals surface area contributed by atoms with Gasteiger partial charge in [0.1, 0.15) is 6.61 Å². The number of morpholine rings is 1. The smallest absolute Gasteiger partial charge is 0.412 e. The van der Waals surface area contributed by atoms with Crippen molar-refractivity contribution in [3.8, 4) is 0 Å². The van der Waals surface area contributed by atoms with Gasteiger partial charge < -0.3 is 24.8 Å². The summed E-state index contributed by atoms with van der Waals surface area (Å²) in [6.07, 6.45) is -0.924. The van der Waals surface area contributed by atoms with E-state index < -0.39 is 24.0 Å². The predicted molar refractivity (Wildman–Crippen MR) is 153 cm³/mol. The van der Waals surface area contributed by atoms with Crippen LogP contribution in [0, 0.1) is 6.92 Å². The molecule has 0 aliphatic carbocycles. The summed E-state index contributed by atoms with van der Waals surface area (Å²) in [4.78, 5) is 39.9. The number of carbonyl (C=O) groups is 3. The van der Waals surface area contributed by atoms with Crippen LogP contribution < -0.4 is 15.5 Å². The molecule has 40 heavy (non-hydrogen) atoms. The molecule has 3 unspecified atom stereocenters. The minimum absolute atomic E-state index is 0.0331. The highest BCUT2D eigenvalue weighted by Crippen LogP contribution is 2.33. The van der Waals surface area contributed by atoms with Crippen LogP contribution in [0.4, 0.5) is 16.2 Å². The van der Waals surface area contributed by atoms with Crippen LogP contribution in [0.1, 0.15) is 53.4 Å². The largest absolute Gasteiger partial charge is 0.481 e. The number of hydrogen-bond donors (Lipinski definition) is 3. The number of anilines is 2. The molecule has 0 bridgehead atoms. The zero-order valence-electron chi connectivity index (χ0n) is 22.9. The number of carbonyl (C=O) groups excluding carboxylic acids is 2. The van der Waals surface area contributed by atoms with Crippen molar-refractivity contribution in [2.75, 3.05) is 23.4 Å². The van der Waals surface area contributed by atoms with Gasteiger partial charge in [-0.3, -0.25) is 14.9 Å². The first-order valence-electron chi connectivity index (χ1n) is 13.3. The fraction of sp³-hybridized carbons (Fsp3) is 0.323. The fourth-order valence-electron chi connectivity index (χ4n) is 4.82. The van der Waals surface area contributed by atoms with E-state index in [2.05, 4.69) is 15.5 Å². The number of ether oxygens (including phenoxy) is 2. The van der Waals surface area contributed by atoms with E-state index in [1.165, 1.54) is 0 Å². The summed E-state index contributed by atoms with van der Waals surface area (Å²) in [5, 5.41) is 15.1. The summed E-state index contributed by atoms with van der Waals surface area (Å²) < 4.78 is 11.1. The van der Waals surface area contributed by atoms with Crippen LogP contribution in [0.5, 0.6) is 0 Å². The minimum Gasteiger partial charge on any atom is -0.481 e. The van der Waals surface area contributed by atoms with Gasteiger partial charge in [0, 0.05) is 17.6 Å². The second kappa shape index (κ2) is 13.1. The standard InChI is InChI=1S/C31H35N3O6/c1-20-9-11-24(12-10-20)26(16-29(35)36)32-30(37)25-13-14-28(34-21(2)17-39-18-22(34)3)27(15-25)33-31(38)40-19-23-7-5-4-6-8-23/h4-15,21-22,26H,16-19H2,1-3H3,(H,32,37)(H,33,38)(H,35,36). The van der Waals surface area contributed by atoms with Crippen LogP contribution in [-0.2, 0) is 20.9 Å². The van der Waals surface area contributed by atoms with Crippen molar-refractivity contribution >= 4 is 29.3 Å². The quantitative estimate of drug-likeness (QED) is 0.334. The molecule has 9 nitrogen and oxygen atoms in total. The fourth-order valence-corrected chi connectivity index (χ4v) is 4.82. The van der Waals surface area contributed by atoms with Crippen molar-refractivity contribution in [3.05, 3.63) is 95.1 Å². The summed E-state index contributed by atoms with van der Waals surface area (Å²) in [7, 11) is 0. The number of nitrogens with one attached hydrogen (secondary N) is 2. The number of aryl methyl sites for hydroxylation is 1. The second-order valence-electron chi connectivity index (χ2n) is 10.1. The first kappa shape index (κ1) is 28.6. The normalized spacial score (nSPS) is 17.5. The minimum atomic E-state index is -1.03. The van der Waals surface area contributed by atoms with Gasteiger partial charge in [-0.15, -0.1) is 0 Å². The van der Waals surface area contributed by atoms with Crippen molar-refractivity contribution in [1.82, 2.24) is 5.32 Å². The van der Waals surface area contributed by atoms with Crippen LogP contribution in [0.25, 0.3) is 0 Å². The molecule has 3 N–H and O–H groups in total. The third-order valence-corrected chi connectivity index (χ3v) is 6.82. The van der Waals surface area contributed by atoms with Gasteiger partial charge in [0.05, 0.1) is 37.1 Å². The Balaban J connectivity index is 1.59. The lowest BCUT2D eigenvalue weighted by Crippen LogP contribution is -2.50. The van der Waals surface area contributed by atoms with Gasteiger partial charge in [-0.1, -0.05) is 60.2 Å². The summed E-state index contributed by atoms with van der Waals surface area (Å²) >= 11 is 0. The molecule has 3 aromatic rings. The summed E-state index contributed by atoms with van der Waals surface area (Å²) in [5.41, 5.74) is 3.99. The van der Waals surface area contributed by atoms with E-state index in [1.54, 1.807) is 18.2 Å². The Bertz CT molecular complexity index is 1320. The maximum Gasteiger partial charge on any atom is 0.412 e. The third-order valence-electron chi connectivity index (χ3n) is 6.82. The third kappa shape index (κ3) is 7.39. The lowest BCUT2D eigenvalue weighted by molar-refractivity contribution is -0.137. The first-order chi connectivity index (χ1) is 19.2. The Morgan fingerprint density at radius 3 is 2.33 bits per heavy atom. The molecule has 9 heteroatoms. The average Bonchev–Trinajstić information content (AvgIpc) is 2.93. The van der Waals surface area contributed by atoms with E-state index in [4.69, 9.17) is 9.47 Å². The van der Waals surface area contributed by atoms with Crippen molar-refractivity contribution in [2.24, 2.45) is 0 Å². The molecule has 0 aromatic heterocycles. The van der Waals surface area contributed by atoms with E-state index >= 15 is 0 Å². The highest BCUT2D eigenvalue weighted by atomic mass is 16.5. The van der Waals surface area contributed by atoms with Crippen LogP contribution >= 0.6 is 0 Å². The van der Waals surface area contributed by atoms with Crippen LogP contribution in [0.15, 0.2) is 72.8 Å². The number of benzene rings is 3. The molecule has 3 atom stereocenters. The molecule has 1 fully saturated rings. The summed E-state index contributed by atoms with van der Waals surface area (Å²) in [5.74, 6) is -1.48. The van der Waals surface area contributed by atoms with Gasteiger partial charge in [0.2, 0.25) is 0 Å².